The molecule has 2 rings (SSSR count). The molecule has 0 radical (unpaired) electrons. The highest BCUT2D eigenvalue weighted by molar-refractivity contribution is 9.10. The maximum absolute atomic E-state index is 12.8. The van der Waals surface area contributed by atoms with E-state index < -0.39 is 17.6 Å². The molecule has 1 aliphatic heterocycles. The lowest BCUT2D eigenvalue weighted by Gasteiger charge is -2.03. The molecule has 0 spiro atoms. The third-order valence-electron chi connectivity index (χ3n) is 1.98. The van der Waals surface area contributed by atoms with E-state index in [1.807, 2.05) is 0 Å². The van der Waals surface area contributed by atoms with Crippen LogP contribution in [0.2, 0.25) is 0 Å². The minimum Gasteiger partial charge on any atom is -0.289 e. The molecular weight excluding hydrogens is 265 g/mol. The Kier molecular flexibility index (Phi) is 2.40. The predicted molar refractivity (Wildman–Crippen MR) is 55.2 cm³/mol. The summed E-state index contributed by atoms with van der Waals surface area (Å²) < 4.78 is 13.2. The molecule has 1 aromatic rings. The van der Waals surface area contributed by atoms with Crippen LogP contribution >= 0.6 is 15.9 Å². The first-order chi connectivity index (χ1) is 7.08. The van der Waals surface area contributed by atoms with Crippen molar-refractivity contribution in [3.63, 3.8) is 0 Å². The number of carbonyl (C=O) groups is 2. The maximum atomic E-state index is 12.8. The van der Waals surface area contributed by atoms with Gasteiger partial charge in [0.05, 0.1) is 5.57 Å². The summed E-state index contributed by atoms with van der Waals surface area (Å²) in [4.78, 5) is 22.2. The summed E-state index contributed by atoms with van der Waals surface area (Å²) in [6, 6.07) is 3.92. The van der Waals surface area contributed by atoms with Gasteiger partial charge in [0.2, 0.25) is 0 Å². The maximum Gasteiger partial charge on any atom is 0.258 e. The molecule has 0 atom stereocenters. The van der Waals surface area contributed by atoms with Crippen LogP contribution in [0.3, 0.4) is 0 Å². The average Bonchev–Trinajstić information content (AvgIpc) is 2.45. The summed E-state index contributed by atoms with van der Waals surface area (Å²) >= 11 is 3.13. The average molecular weight is 270 g/mol. The van der Waals surface area contributed by atoms with Crippen LogP contribution in [0.1, 0.15) is 5.56 Å². The molecule has 2 amide bonds. The van der Waals surface area contributed by atoms with Gasteiger partial charge in [-0.1, -0.05) is 22.0 Å². The molecule has 0 aliphatic carbocycles. The Bertz CT molecular complexity index is 496. The number of halogens is 2. The molecule has 0 unspecified atom stereocenters. The topological polar surface area (TPSA) is 46.2 Å². The third-order valence-corrected chi connectivity index (χ3v) is 2.63. The zero-order valence-electron chi connectivity index (χ0n) is 7.38. The second-order valence-electron chi connectivity index (χ2n) is 3.00. The van der Waals surface area contributed by atoms with E-state index in [1.165, 1.54) is 24.3 Å². The number of amides is 2. The van der Waals surface area contributed by atoms with Crippen LogP contribution in [0.4, 0.5) is 4.39 Å². The SMILES string of the molecule is O=C1C=C(c2ccc(F)cc2Br)C(=O)N1. The van der Waals surface area contributed by atoms with Crippen LogP contribution in [-0.4, -0.2) is 11.8 Å². The molecule has 5 heteroatoms. The monoisotopic (exact) mass is 269 g/mol. The molecule has 0 fully saturated rings. The number of imide groups is 1. The number of rotatable bonds is 1. The molecule has 0 saturated heterocycles. The van der Waals surface area contributed by atoms with Crippen molar-refractivity contribution in [1.29, 1.82) is 0 Å². The molecule has 1 aromatic carbocycles. The number of benzene rings is 1. The van der Waals surface area contributed by atoms with E-state index in [0.717, 1.165) is 0 Å². The van der Waals surface area contributed by atoms with Crippen LogP contribution in [0, 0.1) is 5.82 Å². The van der Waals surface area contributed by atoms with Crippen LogP contribution < -0.4 is 5.32 Å². The van der Waals surface area contributed by atoms with Crippen LogP contribution in [0.15, 0.2) is 28.7 Å². The summed E-state index contributed by atoms with van der Waals surface area (Å²) in [6.07, 6.45) is 1.19. The summed E-state index contributed by atoms with van der Waals surface area (Å²) in [5, 5.41) is 2.12. The fraction of sp³-hybridized carbons (Fsp3) is 0. The van der Waals surface area contributed by atoms with Gasteiger partial charge in [-0.15, -0.1) is 0 Å². The predicted octanol–water partition coefficient (Wildman–Crippen LogP) is 1.63. The fourth-order valence-electron chi connectivity index (χ4n) is 1.32. The van der Waals surface area contributed by atoms with E-state index in [0.29, 0.717) is 10.0 Å². The number of hydrogen-bond acceptors (Lipinski definition) is 2. The largest absolute Gasteiger partial charge is 0.289 e. The van der Waals surface area contributed by atoms with Crippen molar-refractivity contribution in [3.8, 4) is 0 Å². The fourth-order valence-corrected chi connectivity index (χ4v) is 1.88. The highest BCUT2D eigenvalue weighted by atomic mass is 79.9. The van der Waals surface area contributed by atoms with Gasteiger partial charge in [-0.2, -0.15) is 0 Å². The molecule has 76 valence electrons. The molecule has 15 heavy (non-hydrogen) atoms. The van der Waals surface area contributed by atoms with Gasteiger partial charge in [-0.25, -0.2) is 4.39 Å². The Morgan fingerprint density at radius 3 is 2.53 bits per heavy atom. The van der Waals surface area contributed by atoms with Gasteiger partial charge in [0.25, 0.3) is 11.8 Å². The Hall–Kier alpha value is -1.49. The van der Waals surface area contributed by atoms with E-state index in [9.17, 15) is 14.0 Å². The van der Waals surface area contributed by atoms with E-state index in [1.54, 1.807) is 0 Å². The molecule has 1 N–H and O–H groups in total. The van der Waals surface area contributed by atoms with Gasteiger partial charge < -0.3 is 0 Å². The van der Waals surface area contributed by atoms with Crippen LogP contribution in [-0.2, 0) is 9.59 Å². The zero-order valence-corrected chi connectivity index (χ0v) is 8.97. The van der Waals surface area contributed by atoms with Gasteiger partial charge in [0, 0.05) is 16.1 Å². The van der Waals surface area contributed by atoms with Crippen molar-refractivity contribution >= 4 is 33.3 Å². The molecular formula is C10H5BrFNO2. The van der Waals surface area contributed by atoms with E-state index >= 15 is 0 Å². The van der Waals surface area contributed by atoms with Crippen molar-refractivity contribution in [2.75, 3.05) is 0 Å². The number of carbonyl (C=O) groups excluding carboxylic acids is 2. The van der Waals surface area contributed by atoms with Crippen molar-refractivity contribution < 1.29 is 14.0 Å². The Morgan fingerprint density at radius 1 is 1.27 bits per heavy atom. The van der Waals surface area contributed by atoms with Crippen molar-refractivity contribution in [2.24, 2.45) is 0 Å². The van der Waals surface area contributed by atoms with E-state index in [2.05, 4.69) is 21.2 Å². The smallest absolute Gasteiger partial charge is 0.258 e. The van der Waals surface area contributed by atoms with E-state index in [-0.39, 0.29) is 5.57 Å². The lowest BCUT2D eigenvalue weighted by atomic mass is 10.1. The minimum absolute atomic E-state index is 0.242. The molecule has 0 aromatic heterocycles. The number of nitrogens with one attached hydrogen (secondary N) is 1. The Balaban J connectivity index is 2.51. The highest BCUT2D eigenvalue weighted by Crippen LogP contribution is 2.26. The first kappa shape index (κ1) is 10.0. The van der Waals surface area contributed by atoms with Crippen LogP contribution in [0.25, 0.3) is 5.57 Å². The second-order valence-corrected chi connectivity index (χ2v) is 3.85. The first-order valence-electron chi connectivity index (χ1n) is 4.10. The summed E-state index contributed by atoms with van der Waals surface area (Å²) in [5.74, 6) is -1.32. The molecule has 1 heterocycles. The van der Waals surface area contributed by atoms with Gasteiger partial charge in [0.1, 0.15) is 5.82 Å². The summed E-state index contributed by atoms with van der Waals surface area (Å²) in [7, 11) is 0. The zero-order chi connectivity index (χ0) is 11.0. The lowest BCUT2D eigenvalue weighted by Crippen LogP contribution is -2.21. The lowest BCUT2D eigenvalue weighted by molar-refractivity contribution is -0.123. The molecule has 3 nitrogen and oxygen atoms in total. The van der Waals surface area contributed by atoms with Gasteiger partial charge in [-0.3, -0.25) is 14.9 Å². The van der Waals surface area contributed by atoms with Crippen LogP contribution in [0.5, 0.6) is 0 Å². The standard InChI is InChI=1S/C10H5BrFNO2/c11-8-3-5(12)1-2-6(8)7-4-9(14)13-10(7)15/h1-4H,(H,13,14,15). The minimum atomic E-state index is -0.465. The Morgan fingerprint density at radius 2 is 2.00 bits per heavy atom. The highest BCUT2D eigenvalue weighted by Gasteiger charge is 2.23. The summed E-state index contributed by atoms with van der Waals surface area (Å²) in [6.45, 7) is 0. The molecule has 0 saturated carbocycles. The van der Waals surface area contributed by atoms with Crippen molar-refractivity contribution in [1.82, 2.24) is 5.32 Å². The quantitative estimate of drug-likeness (QED) is 0.788. The molecule has 1 aliphatic rings. The van der Waals surface area contributed by atoms with Gasteiger partial charge in [-0.05, 0) is 12.1 Å². The molecule has 0 bridgehead atoms. The van der Waals surface area contributed by atoms with Gasteiger partial charge in [0.15, 0.2) is 0 Å². The van der Waals surface area contributed by atoms with Gasteiger partial charge >= 0.3 is 0 Å². The van der Waals surface area contributed by atoms with E-state index in [4.69, 9.17) is 0 Å². The normalized spacial score (nSPS) is 15.2. The first-order valence-corrected chi connectivity index (χ1v) is 4.89. The Labute approximate surface area is 93.1 Å². The second kappa shape index (κ2) is 3.58. The third kappa shape index (κ3) is 1.83. The summed E-state index contributed by atoms with van der Waals surface area (Å²) in [5.41, 5.74) is 0.742. The van der Waals surface area contributed by atoms with Crippen molar-refractivity contribution in [3.05, 3.63) is 40.1 Å². The number of hydrogen-bond donors (Lipinski definition) is 1. The van der Waals surface area contributed by atoms with Crippen molar-refractivity contribution in [2.45, 2.75) is 0 Å².